The Morgan fingerprint density at radius 2 is 1.90 bits per heavy atom. The molecule has 0 unspecified atom stereocenters. The molecule has 29 heavy (non-hydrogen) atoms. The molecular weight excluding hydrogens is 427 g/mol. The number of halogens is 3. The van der Waals surface area contributed by atoms with Gasteiger partial charge in [0.2, 0.25) is 11.7 Å². The summed E-state index contributed by atoms with van der Waals surface area (Å²) < 4.78 is 70.9. The normalized spacial score (nSPS) is 16.9. The van der Waals surface area contributed by atoms with E-state index >= 15 is 0 Å². The van der Waals surface area contributed by atoms with Crippen LogP contribution in [0.3, 0.4) is 0 Å². The zero-order chi connectivity index (χ0) is 20.6. The summed E-state index contributed by atoms with van der Waals surface area (Å²) in [6, 6.07) is 8.00. The molecule has 0 atom stereocenters. The first-order valence-corrected chi connectivity index (χ1v) is 11.1. The van der Waals surface area contributed by atoms with Crippen molar-refractivity contribution in [3.8, 4) is 11.4 Å². The quantitative estimate of drug-likeness (QED) is 0.598. The van der Waals surface area contributed by atoms with Crippen LogP contribution in [-0.2, 0) is 16.2 Å². The van der Waals surface area contributed by atoms with E-state index < -0.39 is 21.8 Å². The average Bonchev–Trinajstić information content (AvgIpc) is 3.40. The maximum atomic E-state index is 12.9. The summed E-state index contributed by atoms with van der Waals surface area (Å²) in [4.78, 5) is 4.25. The molecule has 2 aromatic heterocycles. The van der Waals surface area contributed by atoms with Crippen molar-refractivity contribution in [3.05, 3.63) is 53.2 Å². The largest absolute Gasteiger partial charge is 0.416 e. The smallest absolute Gasteiger partial charge is 0.339 e. The number of thiophene rings is 1. The predicted molar refractivity (Wildman–Crippen MR) is 99.8 cm³/mol. The lowest BCUT2D eigenvalue weighted by molar-refractivity contribution is -0.137. The van der Waals surface area contributed by atoms with E-state index in [1.54, 1.807) is 17.5 Å². The number of benzene rings is 1. The van der Waals surface area contributed by atoms with Crippen LogP contribution < -0.4 is 0 Å². The van der Waals surface area contributed by atoms with Gasteiger partial charge in [-0.3, -0.25) is 0 Å². The van der Waals surface area contributed by atoms with E-state index in [4.69, 9.17) is 4.52 Å². The third-order valence-electron chi connectivity index (χ3n) is 4.78. The predicted octanol–water partition coefficient (Wildman–Crippen LogP) is 4.39. The van der Waals surface area contributed by atoms with Crippen LogP contribution in [0, 0.1) is 0 Å². The Morgan fingerprint density at radius 3 is 2.55 bits per heavy atom. The molecule has 0 aliphatic carbocycles. The van der Waals surface area contributed by atoms with Crippen molar-refractivity contribution in [3.63, 3.8) is 0 Å². The van der Waals surface area contributed by atoms with Crippen LogP contribution >= 0.6 is 11.3 Å². The van der Waals surface area contributed by atoms with E-state index in [1.807, 2.05) is 0 Å². The topological polar surface area (TPSA) is 76.3 Å². The molecule has 154 valence electrons. The summed E-state index contributed by atoms with van der Waals surface area (Å²) in [5.74, 6) is 0.252. The van der Waals surface area contributed by atoms with Crippen molar-refractivity contribution in [1.29, 1.82) is 0 Å². The first-order valence-electron chi connectivity index (χ1n) is 8.80. The molecule has 0 spiro atoms. The Morgan fingerprint density at radius 1 is 1.14 bits per heavy atom. The first kappa shape index (κ1) is 20.0. The molecule has 0 N–H and O–H groups in total. The SMILES string of the molecule is O=S(=O)(c1cccs1)N1CCC(c2nc(-c3cccc(C(F)(F)F)c3)no2)CC1. The number of piperidine rings is 1. The standard InChI is InChI=1S/C18H16F3N3O3S2/c19-18(20,21)14-4-1-3-13(11-14)16-22-17(27-23-16)12-6-8-24(9-7-12)29(25,26)15-5-2-10-28-15/h1-5,10-12H,6-9H2. The second-order valence-corrected chi connectivity index (χ2v) is 9.76. The molecule has 0 radical (unpaired) electrons. The van der Waals surface area contributed by atoms with Crippen LogP contribution in [0.4, 0.5) is 13.2 Å². The van der Waals surface area contributed by atoms with Gasteiger partial charge in [-0.05, 0) is 36.4 Å². The Bertz CT molecular complexity index is 1090. The van der Waals surface area contributed by atoms with Gasteiger partial charge in [0.25, 0.3) is 10.0 Å². The van der Waals surface area contributed by atoms with E-state index in [9.17, 15) is 21.6 Å². The molecular formula is C18H16F3N3O3S2. The first-order chi connectivity index (χ1) is 13.7. The zero-order valence-electron chi connectivity index (χ0n) is 15.0. The van der Waals surface area contributed by atoms with Crippen LogP contribution in [0.5, 0.6) is 0 Å². The van der Waals surface area contributed by atoms with Crippen molar-refractivity contribution >= 4 is 21.4 Å². The summed E-state index contributed by atoms with van der Waals surface area (Å²) >= 11 is 1.17. The minimum Gasteiger partial charge on any atom is -0.339 e. The van der Waals surface area contributed by atoms with Crippen LogP contribution in [0.15, 0.2) is 50.5 Å². The Balaban J connectivity index is 1.47. The lowest BCUT2D eigenvalue weighted by atomic mass is 9.98. The van der Waals surface area contributed by atoms with E-state index in [2.05, 4.69) is 10.1 Å². The maximum Gasteiger partial charge on any atom is 0.416 e. The van der Waals surface area contributed by atoms with Crippen LogP contribution in [0.25, 0.3) is 11.4 Å². The van der Waals surface area contributed by atoms with Crippen LogP contribution in [0.1, 0.15) is 30.2 Å². The molecule has 0 amide bonds. The Labute approximate surface area is 169 Å². The molecule has 3 aromatic rings. The lowest BCUT2D eigenvalue weighted by Gasteiger charge is -2.29. The number of aromatic nitrogens is 2. The second-order valence-electron chi connectivity index (χ2n) is 6.65. The fraction of sp³-hybridized carbons (Fsp3) is 0.333. The monoisotopic (exact) mass is 443 g/mol. The Hall–Kier alpha value is -2.24. The van der Waals surface area contributed by atoms with Gasteiger partial charge in [-0.15, -0.1) is 11.3 Å². The van der Waals surface area contributed by atoms with Gasteiger partial charge in [0.1, 0.15) is 4.21 Å². The summed E-state index contributed by atoms with van der Waals surface area (Å²) in [5.41, 5.74) is -0.569. The molecule has 6 nitrogen and oxygen atoms in total. The number of hydrogen-bond acceptors (Lipinski definition) is 6. The molecule has 1 aromatic carbocycles. The molecule has 4 rings (SSSR count). The number of nitrogens with zero attached hydrogens (tertiary/aromatic N) is 3. The van der Waals surface area contributed by atoms with Gasteiger partial charge in [0.05, 0.1) is 5.56 Å². The van der Waals surface area contributed by atoms with Gasteiger partial charge in [-0.25, -0.2) is 8.42 Å². The third kappa shape index (κ3) is 4.07. The van der Waals surface area contributed by atoms with Crippen molar-refractivity contribution in [2.45, 2.75) is 29.1 Å². The highest BCUT2D eigenvalue weighted by atomic mass is 32.2. The fourth-order valence-corrected chi connectivity index (χ4v) is 5.85. The highest BCUT2D eigenvalue weighted by Gasteiger charge is 2.33. The van der Waals surface area contributed by atoms with E-state index in [1.165, 1.54) is 27.8 Å². The van der Waals surface area contributed by atoms with E-state index in [0.29, 0.717) is 36.0 Å². The average molecular weight is 443 g/mol. The summed E-state index contributed by atoms with van der Waals surface area (Å²) in [5, 5.41) is 5.53. The van der Waals surface area contributed by atoms with Gasteiger partial charge in [0, 0.05) is 24.6 Å². The molecule has 1 aliphatic rings. The highest BCUT2D eigenvalue weighted by molar-refractivity contribution is 7.91. The van der Waals surface area contributed by atoms with Crippen LogP contribution in [-0.4, -0.2) is 36.0 Å². The van der Waals surface area contributed by atoms with Crippen molar-refractivity contribution < 1.29 is 26.1 Å². The molecule has 1 aliphatic heterocycles. The zero-order valence-corrected chi connectivity index (χ0v) is 16.6. The summed E-state index contributed by atoms with van der Waals surface area (Å²) in [6.07, 6.45) is -3.47. The minimum atomic E-state index is -4.45. The van der Waals surface area contributed by atoms with Gasteiger partial charge in [-0.1, -0.05) is 23.4 Å². The molecule has 11 heteroatoms. The van der Waals surface area contributed by atoms with Gasteiger partial charge < -0.3 is 4.52 Å². The number of alkyl halides is 3. The minimum absolute atomic E-state index is 0.0831. The summed E-state index contributed by atoms with van der Waals surface area (Å²) in [7, 11) is -3.50. The molecule has 0 saturated carbocycles. The molecule has 3 heterocycles. The van der Waals surface area contributed by atoms with Gasteiger partial charge in [-0.2, -0.15) is 22.5 Å². The van der Waals surface area contributed by atoms with Crippen molar-refractivity contribution in [1.82, 2.24) is 14.4 Å². The molecule has 1 fully saturated rings. The number of hydrogen-bond donors (Lipinski definition) is 0. The lowest BCUT2D eigenvalue weighted by Crippen LogP contribution is -2.37. The highest BCUT2D eigenvalue weighted by Crippen LogP contribution is 2.34. The molecule has 0 bridgehead atoms. The second kappa shape index (κ2) is 7.54. The van der Waals surface area contributed by atoms with E-state index in [0.717, 1.165) is 12.1 Å². The summed E-state index contributed by atoms with van der Waals surface area (Å²) in [6.45, 7) is 0.623. The van der Waals surface area contributed by atoms with Crippen molar-refractivity contribution in [2.75, 3.05) is 13.1 Å². The number of rotatable bonds is 4. The maximum absolute atomic E-state index is 12.9. The fourth-order valence-electron chi connectivity index (χ4n) is 3.23. The van der Waals surface area contributed by atoms with Gasteiger partial charge in [0.15, 0.2) is 0 Å². The van der Waals surface area contributed by atoms with E-state index in [-0.39, 0.29) is 17.3 Å². The van der Waals surface area contributed by atoms with Crippen molar-refractivity contribution in [2.24, 2.45) is 0 Å². The molecule has 1 saturated heterocycles. The Kier molecular flexibility index (Phi) is 5.21. The third-order valence-corrected chi connectivity index (χ3v) is 8.05. The number of sulfonamides is 1. The van der Waals surface area contributed by atoms with Gasteiger partial charge >= 0.3 is 6.18 Å². The van der Waals surface area contributed by atoms with Crippen LogP contribution in [0.2, 0.25) is 0 Å².